The molecule has 1 aromatic carbocycles. The molecule has 0 aromatic heterocycles. The molecule has 23 heavy (non-hydrogen) atoms. The maximum Gasteiger partial charge on any atom is 0.222 e. The summed E-state index contributed by atoms with van der Waals surface area (Å²) >= 11 is 0. The number of hydrogen-bond acceptors (Lipinski definition) is 3. The van der Waals surface area contributed by atoms with Gasteiger partial charge in [-0.2, -0.15) is 0 Å². The number of amides is 1. The Morgan fingerprint density at radius 2 is 2.09 bits per heavy atom. The van der Waals surface area contributed by atoms with Gasteiger partial charge in [-0.3, -0.25) is 9.69 Å². The summed E-state index contributed by atoms with van der Waals surface area (Å²) < 4.78 is 12.9. The highest BCUT2D eigenvalue weighted by atomic mass is 19.1. The van der Waals surface area contributed by atoms with E-state index in [-0.39, 0.29) is 11.7 Å². The minimum atomic E-state index is -0.839. The Hall–Kier alpha value is -1.46. The first-order valence-electron chi connectivity index (χ1n) is 8.37. The zero-order chi connectivity index (χ0) is 16.4. The number of nitrogens with zero attached hydrogens (tertiary/aromatic N) is 2. The Morgan fingerprint density at radius 1 is 1.39 bits per heavy atom. The summed E-state index contributed by atoms with van der Waals surface area (Å²) in [5.74, 6) is 0.526. The summed E-state index contributed by atoms with van der Waals surface area (Å²) in [5, 5.41) is 10.8. The number of hydrogen-bond donors (Lipinski definition) is 1. The molecule has 0 radical (unpaired) electrons. The molecule has 0 bridgehead atoms. The van der Waals surface area contributed by atoms with Crippen LogP contribution in [0.5, 0.6) is 0 Å². The van der Waals surface area contributed by atoms with Crippen LogP contribution in [0.15, 0.2) is 24.3 Å². The lowest BCUT2D eigenvalue weighted by Crippen LogP contribution is -2.44. The van der Waals surface area contributed by atoms with Crippen molar-refractivity contribution in [3.63, 3.8) is 0 Å². The largest absolute Gasteiger partial charge is 0.387 e. The van der Waals surface area contributed by atoms with Gasteiger partial charge in [-0.1, -0.05) is 12.1 Å². The van der Waals surface area contributed by atoms with Crippen LogP contribution in [0, 0.1) is 11.7 Å². The Labute approximate surface area is 136 Å². The zero-order valence-electron chi connectivity index (χ0n) is 13.7. The summed E-state index contributed by atoms with van der Waals surface area (Å²) in [6.07, 6.45) is 3.60. The van der Waals surface area contributed by atoms with Crippen molar-refractivity contribution in [2.24, 2.45) is 5.92 Å². The molecule has 1 saturated carbocycles. The van der Waals surface area contributed by atoms with Gasteiger partial charge in [0.05, 0.1) is 12.1 Å². The first-order valence-corrected chi connectivity index (χ1v) is 8.37. The third-order valence-electron chi connectivity index (χ3n) is 4.78. The van der Waals surface area contributed by atoms with Crippen LogP contribution in [0.25, 0.3) is 0 Å². The van der Waals surface area contributed by atoms with Crippen molar-refractivity contribution in [2.75, 3.05) is 26.7 Å². The standard InChI is InChI=1S/C18H25FN2O2/c1-20(11-15-4-6-16(19)7-5-15)12-18(23)8-9-21(13-18)17(22)10-14-2-3-14/h4-7,14,23H,2-3,8-13H2,1H3/t18-/m0/s1. The summed E-state index contributed by atoms with van der Waals surface area (Å²) in [6, 6.07) is 6.42. The molecule has 4 nitrogen and oxygen atoms in total. The monoisotopic (exact) mass is 320 g/mol. The van der Waals surface area contributed by atoms with E-state index < -0.39 is 5.60 Å². The minimum Gasteiger partial charge on any atom is -0.387 e. The Balaban J connectivity index is 1.50. The normalized spacial score (nSPS) is 24.4. The van der Waals surface area contributed by atoms with Crippen molar-refractivity contribution in [3.05, 3.63) is 35.6 Å². The fourth-order valence-electron chi connectivity index (χ4n) is 3.36. The number of aliphatic hydroxyl groups is 1. The predicted octanol–water partition coefficient (Wildman–Crippen LogP) is 2.02. The third kappa shape index (κ3) is 4.52. The van der Waals surface area contributed by atoms with Crippen LogP contribution in [0.2, 0.25) is 0 Å². The molecule has 126 valence electrons. The molecular formula is C18H25FN2O2. The van der Waals surface area contributed by atoms with Crippen molar-refractivity contribution < 1.29 is 14.3 Å². The highest BCUT2D eigenvalue weighted by molar-refractivity contribution is 5.77. The molecule has 1 atom stereocenters. The van der Waals surface area contributed by atoms with Gasteiger partial charge in [0.2, 0.25) is 5.91 Å². The van der Waals surface area contributed by atoms with E-state index in [9.17, 15) is 14.3 Å². The lowest BCUT2D eigenvalue weighted by Gasteiger charge is -2.29. The van der Waals surface area contributed by atoms with Gasteiger partial charge in [-0.05, 0) is 49.9 Å². The second-order valence-electron chi connectivity index (χ2n) is 7.24. The van der Waals surface area contributed by atoms with Gasteiger partial charge in [0.25, 0.3) is 0 Å². The van der Waals surface area contributed by atoms with E-state index in [0.29, 0.717) is 44.9 Å². The molecule has 1 N–H and O–H groups in total. The molecule has 1 aliphatic carbocycles. The van der Waals surface area contributed by atoms with E-state index in [1.807, 2.05) is 16.8 Å². The fourth-order valence-corrected chi connectivity index (χ4v) is 3.36. The van der Waals surface area contributed by atoms with Crippen LogP contribution in [0.3, 0.4) is 0 Å². The SMILES string of the molecule is CN(Cc1ccc(F)cc1)C[C@@]1(O)CCN(C(=O)CC2CC2)C1. The number of benzene rings is 1. The number of β-amino-alcohol motifs (C(OH)–C–C–N with tert-alkyl or cyclic N) is 1. The van der Waals surface area contributed by atoms with Crippen molar-refractivity contribution in [2.45, 2.75) is 37.8 Å². The Kier molecular flexibility index (Phi) is 4.69. The number of rotatable bonds is 6. The lowest BCUT2D eigenvalue weighted by molar-refractivity contribution is -0.131. The Bertz CT molecular complexity index is 559. The molecule has 3 rings (SSSR count). The van der Waals surface area contributed by atoms with Crippen molar-refractivity contribution >= 4 is 5.91 Å². The molecule has 2 fully saturated rings. The molecule has 1 aliphatic heterocycles. The molecule has 1 amide bonds. The van der Waals surface area contributed by atoms with E-state index in [1.54, 1.807) is 12.1 Å². The second kappa shape index (κ2) is 6.57. The molecule has 2 aliphatic rings. The zero-order valence-corrected chi connectivity index (χ0v) is 13.7. The van der Waals surface area contributed by atoms with E-state index in [0.717, 1.165) is 5.56 Å². The van der Waals surface area contributed by atoms with Crippen LogP contribution in [0.4, 0.5) is 4.39 Å². The van der Waals surface area contributed by atoms with Gasteiger partial charge in [-0.25, -0.2) is 4.39 Å². The minimum absolute atomic E-state index is 0.185. The third-order valence-corrected chi connectivity index (χ3v) is 4.78. The van der Waals surface area contributed by atoms with Crippen LogP contribution in [-0.4, -0.2) is 53.1 Å². The van der Waals surface area contributed by atoms with Crippen LogP contribution < -0.4 is 0 Å². The number of carbonyl (C=O) groups is 1. The van der Waals surface area contributed by atoms with E-state index in [4.69, 9.17) is 0 Å². The van der Waals surface area contributed by atoms with Crippen molar-refractivity contribution in [3.8, 4) is 0 Å². The van der Waals surface area contributed by atoms with Crippen LogP contribution in [0.1, 0.15) is 31.2 Å². The molecule has 1 aromatic rings. The van der Waals surface area contributed by atoms with Gasteiger partial charge in [0, 0.05) is 26.1 Å². The lowest BCUT2D eigenvalue weighted by atomic mass is 10.0. The van der Waals surface area contributed by atoms with Gasteiger partial charge in [-0.15, -0.1) is 0 Å². The first kappa shape index (κ1) is 16.4. The van der Waals surface area contributed by atoms with Crippen molar-refractivity contribution in [1.82, 2.24) is 9.80 Å². The predicted molar refractivity (Wildman–Crippen MR) is 86.2 cm³/mol. The Morgan fingerprint density at radius 3 is 2.74 bits per heavy atom. The molecule has 1 saturated heterocycles. The van der Waals surface area contributed by atoms with Crippen LogP contribution >= 0.6 is 0 Å². The topological polar surface area (TPSA) is 43.8 Å². The second-order valence-corrected chi connectivity index (χ2v) is 7.24. The molecular weight excluding hydrogens is 295 g/mol. The number of carbonyl (C=O) groups excluding carboxylic acids is 1. The summed E-state index contributed by atoms with van der Waals surface area (Å²) in [6.45, 7) is 2.23. The van der Waals surface area contributed by atoms with Gasteiger partial charge >= 0.3 is 0 Å². The number of halogens is 1. The number of likely N-dealkylation sites (N-methyl/N-ethyl adjacent to an activating group) is 1. The quantitative estimate of drug-likeness (QED) is 0.872. The fraction of sp³-hybridized carbons (Fsp3) is 0.611. The van der Waals surface area contributed by atoms with E-state index in [1.165, 1.54) is 25.0 Å². The summed E-state index contributed by atoms with van der Waals surface area (Å²) in [4.78, 5) is 16.0. The maximum absolute atomic E-state index is 12.9. The first-order chi connectivity index (χ1) is 10.9. The van der Waals surface area contributed by atoms with Crippen molar-refractivity contribution in [1.29, 1.82) is 0 Å². The molecule has 0 spiro atoms. The smallest absolute Gasteiger partial charge is 0.222 e. The molecule has 1 heterocycles. The highest BCUT2D eigenvalue weighted by Gasteiger charge is 2.39. The van der Waals surface area contributed by atoms with Gasteiger partial charge in [0.15, 0.2) is 0 Å². The number of likely N-dealkylation sites (tertiary alicyclic amines) is 1. The molecule has 0 unspecified atom stereocenters. The van der Waals surface area contributed by atoms with E-state index >= 15 is 0 Å². The van der Waals surface area contributed by atoms with Gasteiger partial charge < -0.3 is 10.0 Å². The maximum atomic E-state index is 12.9. The summed E-state index contributed by atoms with van der Waals surface area (Å²) in [5.41, 5.74) is 0.172. The van der Waals surface area contributed by atoms with E-state index in [2.05, 4.69) is 0 Å². The average molecular weight is 320 g/mol. The van der Waals surface area contributed by atoms with Gasteiger partial charge in [0.1, 0.15) is 5.82 Å². The summed E-state index contributed by atoms with van der Waals surface area (Å²) in [7, 11) is 1.94. The average Bonchev–Trinajstić information content (AvgIpc) is 3.22. The van der Waals surface area contributed by atoms with Crippen LogP contribution in [-0.2, 0) is 11.3 Å². The molecule has 5 heteroatoms. The highest BCUT2D eigenvalue weighted by Crippen LogP contribution is 2.34.